The SMILES string of the molecule is CC(=O)OCC1OC(N=[N+]=[N-])C(N2C(=O)c3ccccc3C2=O)C(OC(C)=O)C1OC(C)=O. The molecule has 174 valence electrons. The quantitative estimate of drug-likeness (QED) is 0.150. The van der Waals surface area contributed by atoms with Gasteiger partial charge in [0.05, 0.1) is 11.1 Å². The molecule has 33 heavy (non-hydrogen) atoms. The van der Waals surface area contributed by atoms with E-state index >= 15 is 0 Å². The van der Waals surface area contributed by atoms with Crippen molar-refractivity contribution in [2.24, 2.45) is 5.11 Å². The summed E-state index contributed by atoms with van der Waals surface area (Å²) in [7, 11) is 0. The average molecular weight is 460 g/mol. The minimum Gasteiger partial charge on any atom is -0.463 e. The van der Waals surface area contributed by atoms with Crippen molar-refractivity contribution in [2.75, 3.05) is 6.61 Å². The smallest absolute Gasteiger partial charge is 0.303 e. The zero-order valence-corrected chi connectivity index (χ0v) is 17.9. The van der Waals surface area contributed by atoms with Crippen LogP contribution in [0.15, 0.2) is 29.4 Å². The molecule has 0 aliphatic carbocycles. The maximum atomic E-state index is 13.1. The van der Waals surface area contributed by atoms with Crippen LogP contribution in [0.3, 0.4) is 0 Å². The number of carbonyl (C=O) groups is 5. The molecule has 13 nitrogen and oxygen atoms in total. The fourth-order valence-electron chi connectivity index (χ4n) is 3.80. The molecule has 1 aromatic carbocycles. The molecule has 2 aliphatic rings. The van der Waals surface area contributed by atoms with Crippen LogP contribution in [-0.4, -0.2) is 71.8 Å². The molecule has 13 heteroatoms. The van der Waals surface area contributed by atoms with Gasteiger partial charge in [-0.15, -0.1) is 0 Å². The van der Waals surface area contributed by atoms with Crippen molar-refractivity contribution in [3.63, 3.8) is 0 Å². The lowest BCUT2D eigenvalue weighted by Gasteiger charge is -2.46. The van der Waals surface area contributed by atoms with Crippen molar-refractivity contribution in [1.82, 2.24) is 4.90 Å². The lowest BCUT2D eigenvalue weighted by Crippen LogP contribution is -2.66. The number of carbonyl (C=O) groups excluding carboxylic acids is 5. The third-order valence-corrected chi connectivity index (χ3v) is 4.98. The number of hydrogen-bond donors (Lipinski definition) is 0. The Balaban J connectivity index is 2.10. The molecule has 1 fully saturated rings. The molecular formula is C20H20N4O9. The molecule has 0 saturated carbocycles. The maximum absolute atomic E-state index is 13.1. The maximum Gasteiger partial charge on any atom is 0.303 e. The van der Waals surface area contributed by atoms with Crippen LogP contribution in [0.5, 0.6) is 0 Å². The number of nitrogens with zero attached hydrogens (tertiary/aromatic N) is 4. The van der Waals surface area contributed by atoms with Gasteiger partial charge in [0.25, 0.3) is 11.8 Å². The number of azide groups is 1. The highest BCUT2D eigenvalue weighted by Gasteiger charge is 2.56. The largest absolute Gasteiger partial charge is 0.463 e. The highest BCUT2D eigenvalue weighted by molar-refractivity contribution is 6.21. The van der Waals surface area contributed by atoms with Crippen LogP contribution in [-0.2, 0) is 33.3 Å². The monoisotopic (exact) mass is 460 g/mol. The highest BCUT2D eigenvalue weighted by atomic mass is 16.6. The molecule has 1 saturated heterocycles. The fourth-order valence-corrected chi connectivity index (χ4v) is 3.80. The van der Waals surface area contributed by atoms with E-state index in [0.29, 0.717) is 0 Å². The lowest BCUT2D eigenvalue weighted by molar-refractivity contribution is -0.228. The average Bonchev–Trinajstić information content (AvgIpc) is 2.99. The predicted octanol–water partition coefficient (Wildman–Crippen LogP) is 1.11. The topological polar surface area (TPSA) is 174 Å². The molecule has 5 atom stereocenters. The van der Waals surface area contributed by atoms with Crippen molar-refractivity contribution in [1.29, 1.82) is 0 Å². The molecule has 2 aliphatic heterocycles. The molecule has 0 radical (unpaired) electrons. The molecular weight excluding hydrogens is 440 g/mol. The van der Waals surface area contributed by atoms with Gasteiger partial charge in [0.2, 0.25) is 0 Å². The Hall–Kier alpha value is -3.96. The first-order valence-electron chi connectivity index (χ1n) is 9.80. The number of amides is 2. The summed E-state index contributed by atoms with van der Waals surface area (Å²) in [5.74, 6) is -3.77. The second-order valence-electron chi connectivity index (χ2n) is 7.24. The zero-order valence-electron chi connectivity index (χ0n) is 17.9. The Morgan fingerprint density at radius 1 is 1.00 bits per heavy atom. The Bertz CT molecular complexity index is 1020. The number of imide groups is 1. The van der Waals surface area contributed by atoms with Crippen LogP contribution in [0.25, 0.3) is 10.4 Å². The summed E-state index contributed by atoms with van der Waals surface area (Å²) in [6.45, 7) is 2.85. The number of rotatable bonds is 6. The first-order valence-corrected chi connectivity index (χ1v) is 9.80. The van der Waals surface area contributed by atoms with Crippen molar-refractivity contribution in [3.8, 4) is 0 Å². The van der Waals surface area contributed by atoms with Crippen LogP contribution in [0.4, 0.5) is 0 Å². The van der Waals surface area contributed by atoms with Crippen LogP contribution in [0.1, 0.15) is 41.5 Å². The van der Waals surface area contributed by atoms with Crippen molar-refractivity contribution in [3.05, 3.63) is 45.8 Å². The summed E-state index contributed by atoms with van der Waals surface area (Å²) < 4.78 is 21.3. The van der Waals surface area contributed by atoms with E-state index in [9.17, 15) is 24.0 Å². The Labute approximate surface area is 187 Å². The summed E-state index contributed by atoms with van der Waals surface area (Å²) in [5.41, 5.74) is 9.26. The van der Waals surface area contributed by atoms with Crippen molar-refractivity contribution >= 4 is 29.7 Å². The second kappa shape index (κ2) is 9.67. The van der Waals surface area contributed by atoms with Gasteiger partial charge in [-0.1, -0.05) is 17.2 Å². The molecule has 2 amide bonds. The van der Waals surface area contributed by atoms with Gasteiger partial charge in [-0.25, -0.2) is 0 Å². The molecule has 0 bridgehead atoms. The van der Waals surface area contributed by atoms with E-state index in [1.165, 1.54) is 12.1 Å². The summed E-state index contributed by atoms with van der Waals surface area (Å²) >= 11 is 0. The van der Waals surface area contributed by atoms with E-state index in [1.54, 1.807) is 12.1 Å². The molecule has 2 heterocycles. The second-order valence-corrected chi connectivity index (χ2v) is 7.24. The van der Waals surface area contributed by atoms with Gasteiger partial charge >= 0.3 is 17.9 Å². The van der Waals surface area contributed by atoms with Gasteiger partial charge < -0.3 is 18.9 Å². The molecule has 3 rings (SSSR count). The van der Waals surface area contributed by atoms with Crippen molar-refractivity contribution in [2.45, 2.75) is 51.4 Å². The number of benzene rings is 1. The van der Waals surface area contributed by atoms with Crippen LogP contribution >= 0.6 is 0 Å². The minimum atomic E-state index is -1.55. The third kappa shape index (κ3) is 4.78. The van der Waals surface area contributed by atoms with E-state index in [2.05, 4.69) is 10.0 Å². The summed E-state index contributed by atoms with van der Waals surface area (Å²) in [4.78, 5) is 64.8. The summed E-state index contributed by atoms with van der Waals surface area (Å²) in [5, 5.41) is 3.53. The minimum absolute atomic E-state index is 0.0924. The molecule has 0 N–H and O–H groups in total. The molecule has 1 aromatic rings. The lowest BCUT2D eigenvalue weighted by atomic mass is 9.94. The van der Waals surface area contributed by atoms with Crippen LogP contribution in [0, 0.1) is 0 Å². The van der Waals surface area contributed by atoms with Crippen LogP contribution < -0.4 is 0 Å². The third-order valence-electron chi connectivity index (χ3n) is 4.98. The zero-order chi connectivity index (χ0) is 24.3. The van der Waals surface area contributed by atoms with Gasteiger partial charge in [0.15, 0.2) is 18.4 Å². The Morgan fingerprint density at radius 3 is 2.03 bits per heavy atom. The number of hydrogen-bond acceptors (Lipinski definition) is 10. The van der Waals surface area contributed by atoms with E-state index in [4.69, 9.17) is 24.5 Å². The van der Waals surface area contributed by atoms with Gasteiger partial charge in [-0.05, 0) is 17.7 Å². The van der Waals surface area contributed by atoms with E-state index in [-0.39, 0.29) is 11.1 Å². The van der Waals surface area contributed by atoms with Gasteiger partial charge in [0.1, 0.15) is 18.8 Å². The number of esters is 3. The molecule has 0 aromatic heterocycles. The first kappa shape index (κ1) is 23.7. The first-order chi connectivity index (χ1) is 15.6. The highest BCUT2D eigenvalue weighted by Crippen LogP contribution is 2.35. The Kier molecular flexibility index (Phi) is 6.95. The molecule has 5 unspecified atom stereocenters. The summed E-state index contributed by atoms with van der Waals surface area (Å²) in [6.07, 6.45) is -5.67. The standard InChI is InChI=1S/C20H20N4O9/c1-9(25)30-8-14-16(31-10(2)26)17(32-11(3)27)15(18(33-14)22-23-21)24-19(28)12-6-4-5-7-13(12)20(24)29/h4-7,14-18H,8H2,1-3H3. The summed E-state index contributed by atoms with van der Waals surface area (Å²) in [6, 6.07) is 4.53. The predicted molar refractivity (Wildman–Crippen MR) is 106 cm³/mol. The van der Waals surface area contributed by atoms with Gasteiger partial charge in [-0.3, -0.25) is 28.9 Å². The van der Waals surface area contributed by atoms with Gasteiger partial charge in [-0.2, -0.15) is 0 Å². The van der Waals surface area contributed by atoms with E-state index in [1.807, 2.05) is 0 Å². The van der Waals surface area contributed by atoms with Gasteiger partial charge in [0, 0.05) is 25.7 Å². The number of fused-ring (bicyclic) bond motifs is 1. The van der Waals surface area contributed by atoms with Crippen molar-refractivity contribution < 1.29 is 42.9 Å². The normalized spacial score (nSPS) is 26.2. The number of ether oxygens (including phenoxy) is 4. The van der Waals surface area contributed by atoms with E-state index < -0.39 is 66.9 Å². The fraction of sp³-hybridized carbons (Fsp3) is 0.450. The molecule has 0 spiro atoms. The Morgan fingerprint density at radius 2 is 1.55 bits per heavy atom. The van der Waals surface area contributed by atoms with Crippen LogP contribution in [0.2, 0.25) is 0 Å². The van der Waals surface area contributed by atoms with E-state index in [0.717, 1.165) is 25.7 Å².